The number of sulfonamides is 2. The first-order valence-electron chi connectivity index (χ1n) is 12.1. The standard InChI is InChI=1S/C28H37BrN2O4S2/c1-8-10-27(20(2)3)31(37(34,35)28-23(6)17-22(5)18-24(28)7)19-25(29)11-9-16-30-36(32,33)26-14-12-21(4)13-15-26/h10-15,17-18,20,27,30H,1,9,16,19H2,2-7H3/b25-11-/t27-/m1/s1. The fraction of sp³-hybridized carbons (Fsp3) is 0.393. The van der Waals surface area contributed by atoms with Crippen LogP contribution in [0.5, 0.6) is 0 Å². The Morgan fingerprint density at radius 1 is 1.03 bits per heavy atom. The lowest BCUT2D eigenvalue weighted by atomic mass is 10.0. The largest absolute Gasteiger partial charge is 0.244 e. The van der Waals surface area contributed by atoms with E-state index in [-0.39, 0.29) is 23.9 Å². The molecule has 0 amide bonds. The van der Waals surface area contributed by atoms with Crippen molar-refractivity contribution in [3.8, 4) is 0 Å². The predicted molar refractivity (Wildman–Crippen MR) is 155 cm³/mol. The highest BCUT2D eigenvalue weighted by atomic mass is 79.9. The Hall–Kier alpha value is -2.00. The predicted octanol–water partition coefficient (Wildman–Crippen LogP) is 5.92. The summed E-state index contributed by atoms with van der Waals surface area (Å²) in [5.74, 6) is -0.0308. The second kappa shape index (κ2) is 13.2. The number of nitrogens with zero attached hydrogens (tertiary/aromatic N) is 1. The number of aryl methyl sites for hydroxylation is 4. The smallest absolute Gasteiger partial charge is 0.211 e. The van der Waals surface area contributed by atoms with Gasteiger partial charge in [0.15, 0.2) is 0 Å². The first kappa shape index (κ1) is 31.2. The molecule has 2 aromatic carbocycles. The van der Waals surface area contributed by atoms with Crippen molar-refractivity contribution in [2.75, 3.05) is 13.1 Å². The highest BCUT2D eigenvalue weighted by molar-refractivity contribution is 9.11. The fourth-order valence-electron chi connectivity index (χ4n) is 4.21. The van der Waals surface area contributed by atoms with Crippen molar-refractivity contribution in [2.24, 2.45) is 5.92 Å². The van der Waals surface area contributed by atoms with Gasteiger partial charge in [-0.05, 0) is 69.4 Å². The Kier molecular flexibility index (Phi) is 11.1. The molecule has 2 aromatic rings. The highest BCUT2D eigenvalue weighted by Gasteiger charge is 2.34. The molecule has 0 radical (unpaired) electrons. The molecule has 202 valence electrons. The SMILES string of the molecule is C=C=C[C@H](C(C)C)N(C/C(Br)=C/CCNS(=O)(=O)c1ccc(C)cc1)S(=O)(=O)c1c(C)cc(C)cc1C. The van der Waals surface area contributed by atoms with Crippen molar-refractivity contribution in [2.45, 2.75) is 63.8 Å². The summed E-state index contributed by atoms with van der Waals surface area (Å²) >= 11 is 3.52. The number of hydrogen-bond donors (Lipinski definition) is 1. The van der Waals surface area contributed by atoms with Gasteiger partial charge in [-0.3, -0.25) is 0 Å². The van der Waals surface area contributed by atoms with Crippen LogP contribution in [0.15, 0.2) is 75.1 Å². The van der Waals surface area contributed by atoms with Crippen LogP contribution in [0.3, 0.4) is 0 Å². The van der Waals surface area contributed by atoms with E-state index in [1.54, 1.807) is 36.4 Å². The Morgan fingerprint density at radius 2 is 1.59 bits per heavy atom. The van der Waals surface area contributed by atoms with Gasteiger partial charge in [0, 0.05) is 17.6 Å². The second-order valence-corrected chi connectivity index (χ2v) is 14.1. The maximum atomic E-state index is 14.0. The first-order valence-corrected chi connectivity index (χ1v) is 15.8. The number of halogens is 1. The molecule has 0 aliphatic heterocycles. The number of rotatable bonds is 12. The van der Waals surface area contributed by atoms with Crippen molar-refractivity contribution in [3.05, 3.63) is 87.6 Å². The third-order valence-electron chi connectivity index (χ3n) is 5.92. The molecule has 0 heterocycles. The molecule has 1 atom stereocenters. The summed E-state index contributed by atoms with van der Waals surface area (Å²) < 4.78 is 57.7. The van der Waals surface area contributed by atoms with Crippen LogP contribution >= 0.6 is 15.9 Å². The average Bonchev–Trinajstić information content (AvgIpc) is 2.78. The molecule has 0 aromatic heterocycles. The molecule has 0 aliphatic carbocycles. The van der Waals surface area contributed by atoms with Crippen molar-refractivity contribution >= 4 is 36.0 Å². The lowest BCUT2D eigenvalue weighted by Gasteiger charge is -2.32. The molecule has 37 heavy (non-hydrogen) atoms. The molecule has 6 nitrogen and oxygen atoms in total. The highest BCUT2D eigenvalue weighted by Crippen LogP contribution is 2.30. The van der Waals surface area contributed by atoms with Gasteiger partial charge in [-0.25, -0.2) is 21.6 Å². The van der Waals surface area contributed by atoms with E-state index >= 15 is 0 Å². The lowest BCUT2D eigenvalue weighted by Crippen LogP contribution is -2.43. The van der Waals surface area contributed by atoms with E-state index in [1.807, 2.05) is 53.7 Å². The molecular weight excluding hydrogens is 572 g/mol. The van der Waals surface area contributed by atoms with E-state index in [9.17, 15) is 16.8 Å². The van der Waals surface area contributed by atoms with Crippen LogP contribution in [0, 0.1) is 33.6 Å². The molecule has 0 aliphatic rings. The first-order chi connectivity index (χ1) is 17.2. The van der Waals surface area contributed by atoms with Crippen molar-refractivity contribution in [3.63, 3.8) is 0 Å². The quantitative estimate of drug-likeness (QED) is 0.239. The van der Waals surface area contributed by atoms with Crippen molar-refractivity contribution in [1.82, 2.24) is 9.03 Å². The maximum absolute atomic E-state index is 14.0. The molecule has 0 spiro atoms. The molecular formula is C28H37BrN2O4S2. The van der Waals surface area contributed by atoms with Crippen LogP contribution in [0.1, 0.15) is 42.5 Å². The van der Waals surface area contributed by atoms with Gasteiger partial charge in [-0.2, -0.15) is 4.31 Å². The molecule has 0 fully saturated rings. The molecule has 0 bridgehead atoms. The molecule has 9 heteroatoms. The van der Waals surface area contributed by atoms with Crippen LogP contribution in [-0.4, -0.2) is 40.3 Å². The van der Waals surface area contributed by atoms with Crippen LogP contribution in [0.2, 0.25) is 0 Å². The van der Waals surface area contributed by atoms with Crippen LogP contribution in [-0.2, 0) is 20.0 Å². The Bertz CT molecular complexity index is 1370. The topological polar surface area (TPSA) is 83.6 Å². The van der Waals surface area contributed by atoms with Gasteiger partial charge < -0.3 is 0 Å². The molecule has 1 N–H and O–H groups in total. The lowest BCUT2D eigenvalue weighted by molar-refractivity contribution is 0.323. The van der Waals surface area contributed by atoms with Crippen molar-refractivity contribution < 1.29 is 16.8 Å². The van der Waals surface area contributed by atoms with E-state index in [0.717, 1.165) is 11.1 Å². The minimum Gasteiger partial charge on any atom is -0.211 e. The van der Waals surface area contributed by atoms with Crippen LogP contribution < -0.4 is 4.72 Å². The van der Waals surface area contributed by atoms with Gasteiger partial charge in [-0.1, -0.05) is 77.8 Å². The Labute approximate surface area is 231 Å². The Morgan fingerprint density at radius 3 is 2.11 bits per heavy atom. The summed E-state index contributed by atoms with van der Waals surface area (Å²) in [6.45, 7) is 15.3. The van der Waals surface area contributed by atoms with Gasteiger partial charge in [0.05, 0.1) is 15.8 Å². The third kappa shape index (κ3) is 8.24. The molecule has 0 saturated heterocycles. The van der Waals surface area contributed by atoms with Gasteiger partial charge in [0.1, 0.15) is 0 Å². The molecule has 2 rings (SSSR count). The van der Waals surface area contributed by atoms with Gasteiger partial charge in [0.2, 0.25) is 20.0 Å². The number of nitrogens with one attached hydrogen (secondary N) is 1. The van der Waals surface area contributed by atoms with E-state index in [0.29, 0.717) is 26.9 Å². The van der Waals surface area contributed by atoms with E-state index in [1.165, 1.54) is 4.31 Å². The summed E-state index contributed by atoms with van der Waals surface area (Å²) in [4.78, 5) is 0.505. The average molecular weight is 610 g/mol. The fourth-order valence-corrected chi connectivity index (χ4v) is 8.02. The summed E-state index contributed by atoms with van der Waals surface area (Å²) in [6.07, 6.45) is 3.85. The molecule has 0 unspecified atom stereocenters. The summed E-state index contributed by atoms with van der Waals surface area (Å²) in [5, 5.41) is 0. The van der Waals surface area contributed by atoms with Crippen LogP contribution in [0.4, 0.5) is 0 Å². The normalized spacial score (nSPS) is 13.6. The van der Waals surface area contributed by atoms with Gasteiger partial charge in [-0.15, -0.1) is 5.73 Å². The zero-order valence-electron chi connectivity index (χ0n) is 22.4. The zero-order chi connectivity index (χ0) is 28.0. The van der Waals surface area contributed by atoms with Gasteiger partial charge in [0.25, 0.3) is 0 Å². The summed E-state index contributed by atoms with van der Waals surface area (Å²) in [6, 6.07) is 9.92. The van der Waals surface area contributed by atoms with E-state index < -0.39 is 26.1 Å². The van der Waals surface area contributed by atoms with Gasteiger partial charge >= 0.3 is 0 Å². The van der Waals surface area contributed by atoms with Crippen LogP contribution in [0.25, 0.3) is 0 Å². The van der Waals surface area contributed by atoms with E-state index in [4.69, 9.17) is 0 Å². The van der Waals surface area contributed by atoms with E-state index in [2.05, 4.69) is 33.0 Å². The second-order valence-electron chi connectivity index (χ2n) is 9.53. The third-order valence-corrected chi connectivity index (χ3v) is 10.1. The summed E-state index contributed by atoms with van der Waals surface area (Å²) in [7, 11) is -7.51. The number of benzene rings is 2. The monoisotopic (exact) mass is 608 g/mol. The Balaban J connectivity index is 2.30. The minimum absolute atomic E-state index is 0.0308. The van der Waals surface area contributed by atoms with Crippen molar-refractivity contribution in [1.29, 1.82) is 0 Å². The number of hydrogen-bond acceptors (Lipinski definition) is 4. The minimum atomic E-state index is -3.88. The summed E-state index contributed by atoms with van der Waals surface area (Å²) in [5.41, 5.74) is 6.13. The zero-order valence-corrected chi connectivity index (χ0v) is 25.6. The maximum Gasteiger partial charge on any atom is 0.244 e. The molecule has 0 saturated carbocycles.